The number of aromatic nitrogens is 1. The van der Waals surface area contributed by atoms with Gasteiger partial charge >= 0.3 is 0 Å². The summed E-state index contributed by atoms with van der Waals surface area (Å²) in [6.07, 6.45) is 2.57. The maximum atomic E-state index is 5.80. The van der Waals surface area contributed by atoms with Crippen LogP contribution in [0.3, 0.4) is 0 Å². The number of hydrogen-bond donors (Lipinski definition) is 1. The second-order valence-corrected chi connectivity index (χ2v) is 5.72. The average Bonchev–Trinajstić information content (AvgIpc) is 2.42. The Hall–Kier alpha value is -0.910. The molecule has 1 heterocycles. The minimum absolute atomic E-state index is 0.505. The van der Waals surface area contributed by atoms with E-state index in [0.29, 0.717) is 13.2 Å². The van der Waals surface area contributed by atoms with Gasteiger partial charge in [-0.25, -0.2) is 0 Å². The van der Waals surface area contributed by atoms with E-state index in [-0.39, 0.29) is 0 Å². The zero-order valence-corrected chi connectivity index (χ0v) is 13.4. The van der Waals surface area contributed by atoms with Crippen molar-refractivity contribution >= 4 is 31.9 Å². The van der Waals surface area contributed by atoms with Crippen LogP contribution in [0.4, 0.5) is 0 Å². The number of pyridine rings is 1. The number of hydrogen-bond acceptors (Lipinski definition) is 3. The summed E-state index contributed by atoms with van der Waals surface area (Å²) >= 11 is 7.00. The SMILES string of the molecule is NCc1cc(Br)c(OCCc2ccccn2)c(Br)c1. The van der Waals surface area contributed by atoms with Gasteiger partial charge in [0.25, 0.3) is 0 Å². The van der Waals surface area contributed by atoms with Crippen molar-refractivity contribution in [3.63, 3.8) is 0 Å². The van der Waals surface area contributed by atoms with Crippen LogP contribution in [0.1, 0.15) is 11.3 Å². The Morgan fingerprint density at radius 2 is 1.89 bits per heavy atom. The summed E-state index contributed by atoms with van der Waals surface area (Å²) in [5.74, 6) is 0.799. The van der Waals surface area contributed by atoms with Gasteiger partial charge in [0.15, 0.2) is 0 Å². The topological polar surface area (TPSA) is 48.1 Å². The minimum atomic E-state index is 0.505. The number of benzene rings is 1. The standard InChI is InChI=1S/C14H14Br2N2O/c15-12-7-10(9-17)8-13(16)14(12)19-6-4-11-3-1-2-5-18-11/h1-3,5,7-8H,4,6,9,17H2. The van der Waals surface area contributed by atoms with E-state index in [1.165, 1.54) is 0 Å². The molecule has 2 aromatic rings. The predicted molar refractivity (Wildman–Crippen MR) is 83.2 cm³/mol. The predicted octanol–water partition coefficient (Wildman–Crippen LogP) is 3.69. The van der Waals surface area contributed by atoms with Crippen LogP contribution in [0, 0.1) is 0 Å². The summed E-state index contributed by atoms with van der Waals surface area (Å²) in [5, 5.41) is 0. The summed E-state index contributed by atoms with van der Waals surface area (Å²) in [6.45, 7) is 1.08. The molecule has 0 atom stereocenters. The summed E-state index contributed by atoms with van der Waals surface area (Å²) < 4.78 is 7.61. The molecule has 0 saturated heterocycles. The second-order valence-electron chi connectivity index (χ2n) is 4.01. The normalized spacial score (nSPS) is 10.5. The molecule has 0 amide bonds. The van der Waals surface area contributed by atoms with Crippen molar-refractivity contribution in [1.29, 1.82) is 0 Å². The lowest BCUT2D eigenvalue weighted by atomic mass is 10.2. The molecular weight excluding hydrogens is 372 g/mol. The van der Waals surface area contributed by atoms with Crippen LogP contribution < -0.4 is 10.5 Å². The van der Waals surface area contributed by atoms with Crippen LogP contribution in [-0.4, -0.2) is 11.6 Å². The van der Waals surface area contributed by atoms with Gasteiger partial charge in [-0.1, -0.05) is 6.07 Å². The smallest absolute Gasteiger partial charge is 0.147 e. The van der Waals surface area contributed by atoms with Crippen LogP contribution in [0.2, 0.25) is 0 Å². The lowest BCUT2D eigenvalue weighted by Crippen LogP contribution is -2.04. The fourth-order valence-corrected chi connectivity index (χ4v) is 3.18. The first-order chi connectivity index (χ1) is 9.20. The molecule has 0 aliphatic heterocycles. The number of rotatable bonds is 5. The van der Waals surface area contributed by atoms with E-state index < -0.39 is 0 Å². The molecule has 1 aromatic heterocycles. The first-order valence-corrected chi connectivity index (χ1v) is 7.50. The minimum Gasteiger partial charge on any atom is -0.491 e. The molecule has 0 saturated carbocycles. The van der Waals surface area contributed by atoms with Gasteiger partial charge in [0.2, 0.25) is 0 Å². The molecule has 2 N–H and O–H groups in total. The number of halogens is 2. The fourth-order valence-electron chi connectivity index (χ4n) is 1.67. The van der Waals surface area contributed by atoms with Crippen molar-refractivity contribution in [2.45, 2.75) is 13.0 Å². The highest BCUT2D eigenvalue weighted by molar-refractivity contribution is 9.11. The van der Waals surface area contributed by atoms with Crippen LogP contribution in [0.5, 0.6) is 5.75 Å². The zero-order valence-electron chi connectivity index (χ0n) is 10.3. The van der Waals surface area contributed by atoms with Crippen LogP contribution in [-0.2, 0) is 13.0 Å². The highest BCUT2D eigenvalue weighted by atomic mass is 79.9. The molecule has 0 spiro atoms. The molecule has 2 rings (SSSR count). The number of ether oxygens (including phenoxy) is 1. The monoisotopic (exact) mass is 384 g/mol. The van der Waals surface area contributed by atoms with Crippen molar-refractivity contribution in [3.05, 3.63) is 56.7 Å². The molecule has 5 heteroatoms. The van der Waals surface area contributed by atoms with Crippen molar-refractivity contribution in [1.82, 2.24) is 4.98 Å². The van der Waals surface area contributed by atoms with Gasteiger partial charge in [-0.2, -0.15) is 0 Å². The average molecular weight is 386 g/mol. The van der Waals surface area contributed by atoms with Crippen LogP contribution in [0.25, 0.3) is 0 Å². The Balaban J connectivity index is 2.00. The Kier molecular flexibility index (Phi) is 5.36. The third-order valence-corrected chi connectivity index (χ3v) is 3.80. The molecule has 0 aliphatic carbocycles. The summed E-state index contributed by atoms with van der Waals surface area (Å²) in [7, 11) is 0. The first-order valence-electron chi connectivity index (χ1n) is 5.91. The largest absolute Gasteiger partial charge is 0.491 e. The maximum Gasteiger partial charge on any atom is 0.147 e. The van der Waals surface area contributed by atoms with Crippen molar-refractivity contribution in [2.24, 2.45) is 5.73 Å². The van der Waals surface area contributed by atoms with Crippen molar-refractivity contribution in [3.8, 4) is 5.75 Å². The van der Waals surface area contributed by atoms with Crippen LogP contribution >= 0.6 is 31.9 Å². The lowest BCUT2D eigenvalue weighted by molar-refractivity contribution is 0.316. The van der Waals surface area contributed by atoms with Gasteiger partial charge in [0.05, 0.1) is 15.6 Å². The quantitative estimate of drug-likeness (QED) is 0.853. The molecule has 0 unspecified atom stereocenters. The Labute approximate surface area is 129 Å². The molecule has 0 bridgehead atoms. The molecule has 0 aliphatic rings. The highest BCUT2D eigenvalue weighted by Gasteiger charge is 2.08. The van der Waals surface area contributed by atoms with Gasteiger partial charge in [0, 0.05) is 24.9 Å². The molecule has 0 fully saturated rings. The van der Waals surface area contributed by atoms with Crippen LogP contribution in [0.15, 0.2) is 45.5 Å². The first kappa shape index (κ1) is 14.5. The van der Waals surface area contributed by atoms with E-state index in [2.05, 4.69) is 36.8 Å². The summed E-state index contributed by atoms with van der Waals surface area (Å²) in [6, 6.07) is 9.82. The van der Waals surface area contributed by atoms with Gasteiger partial charge in [-0.3, -0.25) is 4.98 Å². The summed E-state index contributed by atoms with van der Waals surface area (Å²) in [5.41, 5.74) is 7.70. The van der Waals surface area contributed by atoms with Gasteiger partial charge in [0.1, 0.15) is 5.75 Å². The third-order valence-electron chi connectivity index (χ3n) is 2.62. The zero-order chi connectivity index (χ0) is 13.7. The molecular formula is C14H14Br2N2O. The highest BCUT2D eigenvalue weighted by Crippen LogP contribution is 2.34. The van der Waals surface area contributed by atoms with E-state index in [1.54, 1.807) is 6.20 Å². The van der Waals surface area contributed by atoms with E-state index >= 15 is 0 Å². The van der Waals surface area contributed by atoms with E-state index in [1.807, 2.05) is 30.3 Å². The van der Waals surface area contributed by atoms with Gasteiger partial charge < -0.3 is 10.5 Å². The van der Waals surface area contributed by atoms with E-state index in [0.717, 1.165) is 32.4 Å². The molecule has 100 valence electrons. The van der Waals surface area contributed by atoms with E-state index in [4.69, 9.17) is 10.5 Å². The lowest BCUT2D eigenvalue weighted by Gasteiger charge is -2.11. The van der Waals surface area contributed by atoms with Crippen molar-refractivity contribution < 1.29 is 4.74 Å². The van der Waals surface area contributed by atoms with E-state index in [9.17, 15) is 0 Å². The van der Waals surface area contributed by atoms with Crippen molar-refractivity contribution in [2.75, 3.05) is 6.61 Å². The Bertz CT molecular complexity index is 523. The molecule has 19 heavy (non-hydrogen) atoms. The molecule has 0 radical (unpaired) electrons. The summed E-state index contributed by atoms with van der Waals surface area (Å²) in [4.78, 5) is 4.26. The Morgan fingerprint density at radius 1 is 1.16 bits per heavy atom. The molecule has 3 nitrogen and oxygen atoms in total. The van der Waals surface area contributed by atoms with Gasteiger partial charge in [-0.05, 0) is 61.7 Å². The Morgan fingerprint density at radius 3 is 2.47 bits per heavy atom. The van der Waals surface area contributed by atoms with Gasteiger partial charge in [-0.15, -0.1) is 0 Å². The third kappa shape index (κ3) is 4.03. The maximum absolute atomic E-state index is 5.80. The molecule has 1 aromatic carbocycles. The number of nitrogens with two attached hydrogens (primary N) is 1. The number of nitrogens with zero attached hydrogens (tertiary/aromatic N) is 1. The fraction of sp³-hybridized carbons (Fsp3) is 0.214. The second kappa shape index (κ2) is 7.03.